The van der Waals surface area contributed by atoms with Crippen LogP contribution in [0.2, 0.25) is 5.02 Å². The molecule has 1 fully saturated rings. The Labute approximate surface area is 107 Å². The monoisotopic (exact) mass is 254 g/mol. The molecule has 1 saturated heterocycles. The molecule has 1 aliphatic heterocycles. The van der Waals surface area contributed by atoms with E-state index in [1.165, 1.54) is 19.4 Å². The molecule has 2 rings (SSSR count). The predicted octanol–water partition coefficient (Wildman–Crippen LogP) is 2.23. The van der Waals surface area contributed by atoms with Gasteiger partial charge in [0.2, 0.25) is 0 Å². The van der Waals surface area contributed by atoms with Crippen molar-refractivity contribution in [3.63, 3.8) is 0 Å². The number of hydrogen-bond donors (Lipinski definition) is 2. The molecule has 4 heteroatoms. The van der Waals surface area contributed by atoms with Crippen LogP contribution in [0, 0.1) is 0 Å². The van der Waals surface area contributed by atoms with Crippen molar-refractivity contribution in [2.45, 2.75) is 25.4 Å². The van der Waals surface area contributed by atoms with Crippen LogP contribution < -0.4 is 5.32 Å². The van der Waals surface area contributed by atoms with Crippen LogP contribution in [0.1, 0.15) is 18.4 Å². The zero-order valence-electron chi connectivity index (χ0n) is 10.1. The summed E-state index contributed by atoms with van der Waals surface area (Å²) < 4.78 is 0. The first kappa shape index (κ1) is 12.7. The Kier molecular flexibility index (Phi) is 4.26. The third-order valence-electron chi connectivity index (χ3n) is 3.28. The fraction of sp³-hybridized carbons (Fsp3) is 0.538. The number of piperidine rings is 1. The first-order valence-electron chi connectivity index (χ1n) is 6.05. The van der Waals surface area contributed by atoms with Crippen LogP contribution in [-0.4, -0.2) is 36.2 Å². The molecule has 0 bridgehead atoms. The maximum atomic E-state index is 9.80. The number of aromatic hydroxyl groups is 1. The van der Waals surface area contributed by atoms with Gasteiger partial charge in [0, 0.05) is 24.7 Å². The molecular weight excluding hydrogens is 236 g/mol. The number of nitrogens with zero attached hydrogens (tertiary/aromatic N) is 1. The molecule has 1 atom stereocenters. The van der Waals surface area contributed by atoms with Crippen molar-refractivity contribution in [3.05, 3.63) is 28.8 Å². The van der Waals surface area contributed by atoms with Gasteiger partial charge < -0.3 is 15.3 Å². The smallest absolute Gasteiger partial charge is 0.138 e. The number of hydrogen-bond acceptors (Lipinski definition) is 3. The van der Waals surface area contributed by atoms with Crippen LogP contribution in [0.25, 0.3) is 0 Å². The van der Waals surface area contributed by atoms with Crippen molar-refractivity contribution in [1.82, 2.24) is 10.2 Å². The molecule has 0 aromatic heterocycles. The zero-order valence-corrected chi connectivity index (χ0v) is 10.9. The van der Waals surface area contributed by atoms with Gasteiger partial charge in [-0.15, -0.1) is 0 Å². The number of phenols is 1. The summed E-state index contributed by atoms with van der Waals surface area (Å²) in [6.45, 7) is 2.92. The summed E-state index contributed by atoms with van der Waals surface area (Å²) in [6.07, 6.45) is 2.43. The van der Waals surface area contributed by atoms with Crippen molar-refractivity contribution in [2.75, 3.05) is 20.1 Å². The van der Waals surface area contributed by atoms with Gasteiger partial charge in [-0.25, -0.2) is 0 Å². The summed E-state index contributed by atoms with van der Waals surface area (Å²) in [6, 6.07) is 5.98. The quantitative estimate of drug-likeness (QED) is 0.868. The molecule has 1 heterocycles. The van der Waals surface area contributed by atoms with E-state index < -0.39 is 0 Å². The highest BCUT2D eigenvalue weighted by atomic mass is 35.5. The van der Waals surface area contributed by atoms with E-state index in [1.807, 2.05) is 12.1 Å². The molecule has 0 aliphatic carbocycles. The summed E-state index contributed by atoms with van der Waals surface area (Å²) in [5, 5.41) is 13.7. The zero-order chi connectivity index (χ0) is 12.3. The molecule has 0 saturated carbocycles. The van der Waals surface area contributed by atoms with Gasteiger partial charge >= 0.3 is 0 Å². The minimum atomic E-state index is 0.200. The lowest BCUT2D eigenvalue weighted by atomic mass is 10.1. The lowest BCUT2D eigenvalue weighted by molar-refractivity contribution is 0.226. The molecule has 1 aliphatic rings. The van der Waals surface area contributed by atoms with Gasteiger partial charge in [0.1, 0.15) is 5.75 Å². The molecule has 1 aromatic rings. The number of nitrogens with one attached hydrogen (secondary N) is 1. The van der Waals surface area contributed by atoms with Gasteiger partial charge in [-0.3, -0.25) is 0 Å². The first-order valence-corrected chi connectivity index (χ1v) is 6.43. The first-order chi connectivity index (χ1) is 8.16. The van der Waals surface area contributed by atoms with Crippen molar-refractivity contribution in [3.8, 4) is 5.75 Å². The highest BCUT2D eigenvalue weighted by molar-refractivity contribution is 6.32. The standard InChI is InChI=1S/C13H19ClN2O/c1-16-7-3-5-11(9-16)15-8-10-4-2-6-12(14)13(10)17/h2,4,6,11,15,17H,3,5,7-9H2,1H3. The number of halogens is 1. The number of para-hydroxylation sites is 1. The average molecular weight is 255 g/mol. The third kappa shape index (κ3) is 3.35. The second-order valence-electron chi connectivity index (χ2n) is 4.73. The van der Waals surface area contributed by atoms with Crippen LogP contribution in [0.15, 0.2) is 18.2 Å². The van der Waals surface area contributed by atoms with Crippen LogP contribution in [-0.2, 0) is 6.54 Å². The van der Waals surface area contributed by atoms with E-state index in [0.717, 1.165) is 12.1 Å². The highest BCUT2D eigenvalue weighted by Crippen LogP contribution is 2.26. The fourth-order valence-corrected chi connectivity index (χ4v) is 2.48. The summed E-state index contributed by atoms with van der Waals surface area (Å²) in [5.74, 6) is 0.200. The van der Waals surface area contributed by atoms with E-state index in [9.17, 15) is 5.11 Å². The summed E-state index contributed by atoms with van der Waals surface area (Å²) in [4.78, 5) is 2.33. The number of benzene rings is 1. The molecule has 1 aromatic carbocycles. The van der Waals surface area contributed by atoms with Crippen LogP contribution in [0.4, 0.5) is 0 Å². The summed E-state index contributed by atoms with van der Waals surface area (Å²) in [5.41, 5.74) is 0.866. The Balaban J connectivity index is 1.91. The van der Waals surface area contributed by atoms with Gasteiger partial charge in [-0.05, 0) is 32.5 Å². The Morgan fingerprint density at radius 3 is 3.12 bits per heavy atom. The second kappa shape index (κ2) is 5.71. The Morgan fingerprint density at radius 1 is 1.53 bits per heavy atom. The Morgan fingerprint density at radius 2 is 2.35 bits per heavy atom. The lowest BCUT2D eigenvalue weighted by Crippen LogP contribution is -2.43. The molecule has 0 amide bonds. The summed E-state index contributed by atoms with van der Waals surface area (Å²) >= 11 is 5.87. The maximum absolute atomic E-state index is 9.80. The molecule has 3 nitrogen and oxygen atoms in total. The normalized spacial score (nSPS) is 21.6. The van der Waals surface area contributed by atoms with Gasteiger partial charge in [0.05, 0.1) is 5.02 Å². The molecule has 0 radical (unpaired) electrons. The number of likely N-dealkylation sites (N-methyl/N-ethyl adjacent to an activating group) is 1. The third-order valence-corrected chi connectivity index (χ3v) is 3.58. The SMILES string of the molecule is CN1CCCC(NCc2cccc(Cl)c2O)C1. The molecule has 94 valence electrons. The van der Waals surface area contributed by atoms with E-state index in [1.54, 1.807) is 6.07 Å². The molecule has 17 heavy (non-hydrogen) atoms. The van der Waals surface area contributed by atoms with E-state index in [-0.39, 0.29) is 5.75 Å². The Hall–Kier alpha value is -0.770. The number of rotatable bonds is 3. The minimum Gasteiger partial charge on any atom is -0.506 e. The van der Waals surface area contributed by atoms with Crippen LogP contribution >= 0.6 is 11.6 Å². The molecule has 1 unspecified atom stereocenters. The minimum absolute atomic E-state index is 0.200. The van der Waals surface area contributed by atoms with E-state index in [4.69, 9.17) is 11.6 Å². The van der Waals surface area contributed by atoms with Gasteiger partial charge in [-0.1, -0.05) is 23.7 Å². The fourth-order valence-electron chi connectivity index (χ4n) is 2.29. The van der Waals surface area contributed by atoms with Crippen molar-refractivity contribution >= 4 is 11.6 Å². The Bertz CT molecular complexity index is 384. The molecule has 0 spiro atoms. The maximum Gasteiger partial charge on any atom is 0.138 e. The second-order valence-corrected chi connectivity index (χ2v) is 5.14. The number of phenolic OH excluding ortho intramolecular Hbond substituents is 1. The van der Waals surface area contributed by atoms with Crippen LogP contribution in [0.5, 0.6) is 5.75 Å². The van der Waals surface area contributed by atoms with E-state index >= 15 is 0 Å². The predicted molar refractivity (Wildman–Crippen MR) is 70.5 cm³/mol. The van der Waals surface area contributed by atoms with Crippen molar-refractivity contribution < 1.29 is 5.11 Å². The van der Waals surface area contributed by atoms with E-state index in [2.05, 4.69) is 17.3 Å². The van der Waals surface area contributed by atoms with E-state index in [0.29, 0.717) is 17.6 Å². The van der Waals surface area contributed by atoms with Crippen molar-refractivity contribution in [1.29, 1.82) is 0 Å². The van der Waals surface area contributed by atoms with Crippen LogP contribution in [0.3, 0.4) is 0 Å². The highest BCUT2D eigenvalue weighted by Gasteiger charge is 2.16. The topological polar surface area (TPSA) is 35.5 Å². The lowest BCUT2D eigenvalue weighted by Gasteiger charge is -2.30. The van der Waals surface area contributed by atoms with Gasteiger partial charge in [0.15, 0.2) is 0 Å². The number of likely N-dealkylation sites (tertiary alicyclic amines) is 1. The summed E-state index contributed by atoms with van der Waals surface area (Å²) in [7, 11) is 2.14. The van der Waals surface area contributed by atoms with Gasteiger partial charge in [0.25, 0.3) is 0 Å². The molecular formula is C13H19ClN2O. The average Bonchev–Trinajstić information content (AvgIpc) is 2.31. The molecule has 2 N–H and O–H groups in total. The van der Waals surface area contributed by atoms with Gasteiger partial charge in [-0.2, -0.15) is 0 Å². The van der Waals surface area contributed by atoms with Crippen molar-refractivity contribution in [2.24, 2.45) is 0 Å². The largest absolute Gasteiger partial charge is 0.506 e.